The van der Waals surface area contributed by atoms with Gasteiger partial charge in [0.15, 0.2) is 0 Å². The Bertz CT molecular complexity index is 264. The molecule has 0 fully saturated rings. The minimum absolute atomic E-state index is 0.987. The molecule has 2 aromatic heterocycles. The summed E-state index contributed by atoms with van der Waals surface area (Å²) >= 11 is 3.44. The molecule has 1 nitrogen and oxygen atoms in total. The van der Waals surface area contributed by atoms with E-state index >= 15 is 0 Å². The van der Waals surface area contributed by atoms with Crippen molar-refractivity contribution in [2.75, 3.05) is 0 Å². The van der Waals surface area contributed by atoms with E-state index in [1.807, 2.05) is 5.51 Å². The number of rotatable bonds is 2. The molecule has 0 atom stereocenters. The van der Waals surface area contributed by atoms with E-state index in [-0.39, 0.29) is 0 Å². The molecule has 2 aromatic rings. The van der Waals surface area contributed by atoms with Crippen LogP contribution in [0.25, 0.3) is 0 Å². The van der Waals surface area contributed by atoms with E-state index in [4.69, 9.17) is 0 Å². The second kappa shape index (κ2) is 3.15. The maximum Gasteiger partial charge on any atom is 0.0794 e. The number of thiazole rings is 1. The molecule has 0 spiro atoms. The van der Waals surface area contributed by atoms with Crippen LogP contribution in [0.2, 0.25) is 0 Å². The third-order valence-electron chi connectivity index (χ3n) is 1.42. The van der Waals surface area contributed by atoms with Crippen LogP contribution in [-0.4, -0.2) is 4.98 Å². The Balaban J connectivity index is 2.14. The highest BCUT2D eigenvalue weighted by molar-refractivity contribution is 7.10. The number of aromatic nitrogens is 1. The molecule has 0 N–H and O–H groups in total. The molecule has 0 amide bonds. The van der Waals surface area contributed by atoms with E-state index in [0.717, 1.165) is 6.42 Å². The second-order valence-electron chi connectivity index (χ2n) is 2.24. The molecule has 0 unspecified atom stereocenters. The summed E-state index contributed by atoms with van der Waals surface area (Å²) in [5.41, 5.74) is 3.06. The molecule has 0 saturated carbocycles. The zero-order valence-corrected chi connectivity index (χ0v) is 7.49. The van der Waals surface area contributed by atoms with Crippen LogP contribution in [0.1, 0.15) is 10.6 Å². The van der Waals surface area contributed by atoms with Crippen LogP contribution in [-0.2, 0) is 6.42 Å². The van der Waals surface area contributed by atoms with Gasteiger partial charge in [0.2, 0.25) is 0 Å². The van der Waals surface area contributed by atoms with E-state index < -0.39 is 0 Å². The highest BCUT2D eigenvalue weighted by Gasteiger charge is 1.97. The van der Waals surface area contributed by atoms with E-state index in [9.17, 15) is 0 Å². The van der Waals surface area contributed by atoms with Gasteiger partial charge < -0.3 is 0 Å². The van der Waals surface area contributed by atoms with Gasteiger partial charge in [0.05, 0.1) is 11.2 Å². The SMILES string of the molecule is c1csc(Cc2cscn2)c1. The first-order valence-corrected chi connectivity index (χ1v) is 5.17. The molecular formula is C8H7NS2. The quantitative estimate of drug-likeness (QED) is 0.694. The molecule has 3 heteroatoms. The lowest BCUT2D eigenvalue weighted by molar-refractivity contribution is 1.13. The first kappa shape index (κ1) is 7.00. The molecule has 2 heterocycles. The molecule has 0 bridgehead atoms. The summed E-state index contributed by atoms with van der Waals surface area (Å²) in [6.45, 7) is 0. The van der Waals surface area contributed by atoms with Gasteiger partial charge in [-0.3, -0.25) is 0 Å². The lowest BCUT2D eigenvalue weighted by atomic mass is 10.3. The van der Waals surface area contributed by atoms with Crippen molar-refractivity contribution in [3.63, 3.8) is 0 Å². The summed E-state index contributed by atoms with van der Waals surface area (Å²) < 4.78 is 0. The van der Waals surface area contributed by atoms with E-state index in [1.54, 1.807) is 22.7 Å². The fourth-order valence-corrected chi connectivity index (χ4v) is 2.20. The largest absolute Gasteiger partial charge is 0.249 e. The van der Waals surface area contributed by atoms with Crippen molar-refractivity contribution in [3.8, 4) is 0 Å². The van der Waals surface area contributed by atoms with Gasteiger partial charge in [0, 0.05) is 16.7 Å². The number of hydrogen-bond donors (Lipinski definition) is 0. The van der Waals surface area contributed by atoms with E-state index in [1.165, 1.54) is 10.6 Å². The highest BCUT2D eigenvalue weighted by atomic mass is 32.1. The summed E-state index contributed by atoms with van der Waals surface area (Å²) in [5.74, 6) is 0. The van der Waals surface area contributed by atoms with Crippen molar-refractivity contribution in [1.82, 2.24) is 4.98 Å². The summed E-state index contributed by atoms with van der Waals surface area (Å²) in [7, 11) is 0. The van der Waals surface area contributed by atoms with Gasteiger partial charge in [-0.25, -0.2) is 4.98 Å². The fourth-order valence-electron chi connectivity index (χ4n) is 0.917. The Morgan fingerprint density at radius 1 is 1.45 bits per heavy atom. The van der Waals surface area contributed by atoms with Gasteiger partial charge in [-0.15, -0.1) is 22.7 Å². The van der Waals surface area contributed by atoms with Crippen molar-refractivity contribution in [2.24, 2.45) is 0 Å². The van der Waals surface area contributed by atoms with Crippen LogP contribution in [0.15, 0.2) is 28.4 Å². The Hall–Kier alpha value is -0.670. The van der Waals surface area contributed by atoms with E-state index in [2.05, 4.69) is 27.9 Å². The normalized spacial score (nSPS) is 10.2. The third-order valence-corrected chi connectivity index (χ3v) is 2.93. The van der Waals surface area contributed by atoms with Gasteiger partial charge in [0.25, 0.3) is 0 Å². The second-order valence-corrected chi connectivity index (χ2v) is 3.99. The molecular weight excluding hydrogens is 174 g/mol. The van der Waals surface area contributed by atoms with Crippen LogP contribution in [0.4, 0.5) is 0 Å². The third kappa shape index (κ3) is 1.67. The van der Waals surface area contributed by atoms with Crippen molar-refractivity contribution in [2.45, 2.75) is 6.42 Å². The summed E-state index contributed by atoms with van der Waals surface area (Å²) in [6.07, 6.45) is 0.987. The van der Waals surface area contributed by atoms with Gasteiger partial charge in [0.1, 0.15) is 0 Å². The molecule has 0 aliphatic rings. The van der Waals surface area contributed by atoms with Crippen LogP contribution < -0.4 is 0 Å². The Morgan fingerprint density at radius 2 is 2.45 bits per heavy atom. The van der Waals surface area contributed by atoms with Gasteiger partial charge in [-0.1, -0.05) is 6.07 Å². The van der Waals surface area contributed by atoms with Gasteiger partial charge in [-0.2, -0.15) is 0 Å². The fraction of sp³-hybridized carbons (Fsp3) is 0.125. The maximum absolute atomic E-state index is 4.22. The lowest BCUT2D eigenvalue weighted by Gasteiger charge is -1.89. The Morgan fingerprint density at radius 3 is 3.09 bits per heavy atom. The molecule has 56 valence electrons. The summed E-state index contributed by atoms with van der Waals surface area (Å²) in [5, 5.41) is 4.20. The number of nitrogens with zero attached hydrogens (tertiary/aromatic N) is 1. The standard InChI is InChI=1S/C8H7NS2/c1-2-8(11-3-1)4-7-5-10-6-9-7/h1-3,5-6H,4H2. The van der Waals surface area contributed by atoms with E-state index in [0.29, 0.717) is 0 Å². The van der Waals surface area contributed by atoms with Crippen LogP contribution >= 0.6 is 22.7 Å². The topological polar surface area (TPSA) is 12.9 Å². The van der Waals surface area contributed by atoms with Crippen molar-refractivity contribution in [1.29, 1.82) is 0 Å². The minimum atomic E-state index is 0.987. The Labute approximate surface area is 73.4 Å². The van der Waals surface area contributed by atoms with Crippen molar-refractivity contribution >= 4 is 22.7 Å². The predicted octanol–water partition coefficient (Wildman–Crippen LogP) is 2.80. The molecule has 0 aliphatic carbocycles. The number of thiophene rings is 1. The first-order chi connectivity index (χ1) is 5.45. The van der Waals surface area contributed by atoms with Crippen LogP contribution in [0, 0.1) is 0 Å². The Kier molecular flexibility index (Phi) is 2.01. The monoisotopic (exact) mass is 181 g/mol. The van der Waals surface area contributed by atoms with Crippen molar-refractivity contribution < 1.29 is 0 Å². The average molecular weight is 181 g/mol. The average Bonchev–Trinajstić information content (AvgIpc) is 2.60. The summed E-state index contributed by atoms with van der Waals surface area (Å²) in [6, 6.07) is 4.22. The molecule has 0 saturated heterocycles. The van der Waals surface area contributed by atoms with Gasteiger partial charge in [-0.05, 0) is 11.4 Å². The zero-order valence-electron chi connectivity index (χ0n) is 5.86. The molecule has 11 heavy (non-hydrogen) atoms. The lowest BCUT2D eigenvalue weighted by Crippen LogP contribution is -1.81. The molecule has 0 aliphatic heterocycles. The highest BCUT2D eigenvalue weighted by Crippen LogP contribution is 2.14. The zero-order chi connectivity index (χ0) is 7.52. The minimum Gasteiger partial charge on any atom is -0.249 e. The molecule has 0 aromatic carbocycles. The van der Waals surface area contributed by atoms with Crippen LogP contribution in [0.5, 0.6) is 0 Å². The number of hydrogen-bond acceptors (Lipinski definition) is 3. The maximum atomic E-state index is 4.22. The molecule has 0 radical (unpaired) electrons. The smallest absolute Gasteiger partial charge is 0.0794 e. The van der Waals surface area contributed by atoms with Crippen LogP contribution in [0.3, 0.4) is 0 Å². The van der Waals surface area contributed by atoms with Gasteiger partial charge >= 0.3 is 0 Å². The molecule has 2 rings (SSSR count). The van der Waals surface area contributed by atoms with Crippen molar-refractivity contribution in [3.05, 3.63) is 39.0 Å². The predicted molar refractivity (Wildman–Crippen MR) is 49.2 cm³/mol. The summed E-state index contributed by atoms with van der Waals surface area (Å²) in [4.78, 5) is 5.60. The first-order valence-electron chi connectivity index (χ1n) is 3.34.